The van der Waals surface area contributed by atoms with Gasteiger partial charge < -0.3 is 15.0 Å². The van der Waals surface area contributed by atoms with Crippen molar-refractivity contribution >= 4 is 5.95 Å². The Morgan fingerprint density at radius 3 is 2.81 bits per heavy atom. The topological polar surface area (TPSA) is 50.3 Å². The van der Waals surface area contributed by atoms with E-state index in [2.05, 4.69) is 36.0 Å². The maximum absolute atomic E-state index is 5.21. The monoisotopic (exact) mass is 292 g/mol. The minimum atomic E-state index is 0.412. The molecule has 1 fully saturated rings. The molecule has 0 aromatic carbocycles. The fourth-order valence-electron chi connectivity index (χ4n) is 2.26. The van der Waals surface area contributed by atoms with Crippen LogP contribution in [-0.4, -0.2) is 42.3 Å². The molecule has 2 rings (SSSR count). The highest BCUT2D eigenvalue weighted by Gasteiger charge is 2.21. The van der Waals surface area contributed by atoms with E-state index in [1.807, 2.05) is 6.20 Å². The van der Waals surface area contributed by atoms with Gasteiger partial charge in [-0.15, -0.1) is 0 Å². The molecule has 0 spiro atoms. The third-order valence-electron chi connectivity index (χ3n) is 4.14. The van der Waals surface area contributed by atoms with E-state index in [9.17, 15) is 0 Å². The van der Waals surface area contributed by atoms with Crippen molar-refractivity contribution < 1.29 is 4.74 Å². The first-order valence-electron chi connectivity index (χ1n) is 7.97. The van der Waals surface area contributed by atoms with E-state index in [0.29, 0.717) is 18.7 Å². The second-order valence-electron chi connectivity index (χ2n) is 5.88. The fourth-order valence-corrected chi connectivity index (χ4v) is 2.26. The number of aryl methyl sites for hydroxylation is 1. The molecule has 1 saturated carbocycles. The van der Waals surface area contributed by atoms with Gasteiger partial charge in [0.15, 0.2) is 0 Å². The zero-order chi connectivity index (χ0) is 15.2. The summed E-state index contributed by atoms with van der Waals surface area (Å²) in [7, 11) is 1.73. The molecule has 21 heavy (non-hydrogen) atoms. The van der Waals surface area contributed by atoms with Crippen LogP contribution in [0.4, 0.5) is 5.95 Å². The summed E-state index contributed by atoms with van der Waals surface area (Å²) in [5, 5.41) is 3.52. The average molecular weight is 292 g/mol. The van der Waals surface area contributed by atoms with Gasteiger partial charge in [-0.3, -0.25) is 0 Å². The number of methoxy groups -OCH3 is 1. The van der Waals surface area contributed by atoms with E-state index in [1.165, 1.54) is 18.4 Å². The molecule has 1 unspecified atom stereocenters. The zero-order valence-electron chi connectivity index (χ0n) is 13.7. The van der Waals surface area contributed by atoms with E-state index in [0.717, 1.165) is 31.2 Å². The van der Waals surface area contributed by atoms with Crippen LogP contribution in [0.5, 0.6) is 0 Å². The summed E-state index contributed by atoms with van der Waals surface area (Å²) in [6.45, 7) is 8.85. The maximum atomic E-state index is 5.21. The molecule has 0 aliphatic heterocycles. The number of hydrogen-bond acceptors (Lipinski definition) is 5. The molecule has 1 aliphatic rings. The van der Waals surface area contributed by atoms with Crippen LogP contribution in [0.3, 0.4) is 0 Å². The highest BCUT2D eigenvalue weighted by atomic mass is 16.5. The lowest BCUT2D eigenvalue weighted by Crippen LogP contribution is -2.37. The van der Waals surface area contributed by atoms with Gasteiger partial charge in [0.2, 0.25) is 5.95 Å². The summed E-state index contributed by atoms with van der Waals surface area (Å²) >= 11 is 0. The smallest absolute Gasteiger partial charge is 0.225 e. The Bertz CT molecular complexity index is 448. The first kappa shape index (κ1) is 16.2. The van der Waals surface area contributed by atoms with E-state index in [-0.39, 0.29) is 0 Å². The predicted molar refractivity (Wildman–Crippen MR) is 85.6 cm³/mol. The number of anilines is 1. The van der Waals surface area contributed by atoms with Crippen LogP contribution in [0.2, 0.25) is 0 Å². The Labute approximate surface area is 128 Å². The van der Waals surface area contributed by atoms with Crippen molar-refractivity contribution in [3.8, 4) is 0 Å². The van der Waals surface area contributed by atoms with Crippen LogP contribution < -0.4 is 10.2 Å². The quantitative estimate of drug-likeness (QED) is 0.757. The third kappa shape index (κ3) is 4.64. The molecule has 1 aromatic rings. The number of nitrogens with zero attached hydrogens (tertiary/aromatic N) is 3. The molecule has 1 aromatic heterocycles. The predicted octanol–water partition coefficient (Wildman–Crippen LogP) is 2.29. The van der Waals surface area contributed by atoms with Crippen molar-refractivity contribution in [2.75, 3.05) is 25.2 Å². The lowest BCUT2D eigenvalue weighted by Gasteiger charge is -2.28. The van der Waals surface area contributed by atoms with Crippen molar-refractivity contribution in [2.24, 2.45) is 0 Å². The third-order valence-corrected chi connectivity index (χ3v) is 4.14. The molecule has 1 aliphatic carbocycles. The van der Waals surface area contributed by atoms with Gasteiger partial charge in [-0.1, -0.05) is 6.92 Å². The molecular formula is C16H28N4O. The van der Waals surface area contributed by atoms with Gasteiger partial charge in [-0.05, 0) is 33.1 Å². The molecule has 0 amide bonds. The van der Waals surface area contributed by atoms with Crippen LogP contribution in [0.25, 0.3) is 0 Å². The van der Waals surface area contributed by atoms with Crippen molar-refractivity contribution in [2.45, 2.75) is 58.7 Å². The summed E-state index contributed by atoms with van der Waals surface area (Å²) in [4.78, 5) is 11.5. The van der Waals surface area contributed by atoms with Crippen molar-refractivity contribution in [1.82, 2.24) is 15.3 Å². The fraction of sp³-hybridized carbons (Fsp3) is 0.750. The van der Waals surface area contributed by atoms with Crippen LogP contribution in [0.15, 0.2) is 6.20 Å². The molecule has 0 radical (unpaired) electrons. The first-order chi connectivity index (χ1) is 10.2. The maximum Gasteiger partial charge on any atom is 0.225 e. The molecule has 118 valence electrons. The normalized spacial score (nSPS) is 16.0. The number of nitrogens with one attached hydrogen (secondary N) is 1. The second-order valence-corrected chi connectivity index (χ2v) is 5.88. The minimum Gasteiger partial charge on any atom is -0.383 e. The van der Waals surface area contributed by atoms with E-state index in [1.54, 1.807) is 7.11 Å². The average Bonchev–Trinajstić information content (AvgIpc) is 3.30. The van der Waals surface area contributed by atoms with Gasteiger partial charge in [0.1, 0.15) is 0 Å². The highest BCUT2D eigenvalue weighted by Crippen LogP contribution is 2.20. The Balaban J connectivity index is 2.06. The van der Waals surface area contributed by atoms with E-state index in [4.69, 9.17) is 9.72 Å². The molecule has 5 heteroatoms. The minimum absolute atomic E-state index is 0.412. The lowest BCUT2D eigenvalue weighted by atomic mass is 10.2. The zero-order valence-corrected chi connectivity index (χ0v) is 13.7. The molecule has 0 bridgehead atoms. The van der Waals surface area contributed by atoms with Gasteiger partial charge in [-0.25, -0.2) is 9.97 Å². The highest BCUT2D eigenvalue weighted by molar-refractivity contribution is 5.34. The van der Waals surface area contributed by atoms with Gasteiger partial charge in [0.05, 0.1) is 6.61 Å². The Morgan fingerprint density at radius 1 is 1.48 bits per heavy atom. The molecule has 5 nitrogen and oxygen atoms in total. The summed E-state index contributed by atoms with van der Waals surface area (Å²) in [6.07, 6.45) is 5.64. The van der Waals surface area contributed by atoms with E-state index >= 15 is 0 Å². The van der Waals surface area contributed by atoms with E-state index < -0.39 is 0 Å². The molecule has 1 atom stereocenters. The van der Waals surface area contributed by atoms with Gasteiger partial charge in [0, 0.05) is 49.7 Å². The summed E-state index contributed by atoms with van der Waals surface area (Å²) in [6, 6.07) is 1.12. The number of ether oxygens (including phenoxy) is 1. The van der Waals surface area contributed by atoms with Crippen LogP contribution >= 0.6 is 0 Å². The molecule has 1 N–H and O–H groups in total. The Hall–Kier alpha value is -1.20. The van der Waals surface area contributed by atoms with Crippen LogP contribution in [0, 0.1) is 6.92 Å². The van der Waals surface area contributed by atoms with Crippen molar-refractivity contribution in [3.05, 3.63) is 17.5 Å². The van der Waals surface area contributed by atoms with Crippen molar-refractivity contribution in [1.29, 1.82) is 0 Å². The molecular weight excluding hydrogens is 264 g/mol. The van der Waals surface area contributed by atoms with Gasteiger partial charge >= 0.3 is 0 Å². The Morgan fingerprint density at radius 2 is 2.24 bits per heavy atom. The SMILES string of the molecule is CCC(C)N(CCOC)c1ncc(CNC2CC2)c(C)n1. The number of hydrogen-bond donors (Lipinski definition) is 1. The summed E-state index contributed by atoms with van der Waals surface area (Å²) in [5.41, 5.74) is 2.26. The molecule has 1 heterocycles. The standard InChI is InChI=1S/C16H28N4O/c1-5-12(2)20(8-9-21-4)16-18-11-14(13(3)19-16)10-17-15-6-7-15/h11-12,15,17H,5-10H2,1-4H3. The Kier molecular flexibility index (Phi) is 5.94. The van der Waals surface area contributed by atoms with Crippen molar-refractivity contribution in [3.63, 3.8) is 0 Å². The summed E-state index contributed by atoms with van der Waals surface area (Å²) < 4.78 is 5.21. The lowest BCUT2D eigenvalue weighted by molar-refractivity contribution is 0.203. The first-order valence-corrected chi connectivity index (χ1v) is 7.97. The number of aromatic nitrogens is 2. The second kappa shape index (κ2) is 7.71. The summed E-state index contributed by atoms with van der Waals surface area (Å²) in [5.74, 6) is 0.814. The van der Waals surface area contributed by atoms with Gasteiger partial charge in [-0.2, -0.15) is 0 Å². The largest absolute Gasteiger partial charge is 0.383 e. The van der Waals surface area contributed by atoms with Crippen LogP contribution in [-0.2, 0) is 11.3 Å². The molecule has 0 saturated heterocycles. The van der Waals surface area contributed by atoms with Gasteiger partial charge in [0.25, 0.3) is 0 Å². The number of rotatable bonds is 9. The van der Waals surface area contributed by atoms with Crippen LogP contribution in [0.1, 0.15) is 44.4 Å².